The lowest BCUT2D eigenvalue weighted by atomic mass is 10.2. The number of halogens is 3. The van der Waals surface area contributed by atoms with Crippen LogP contribution < -0.4 is 10.1 Å². The van der Waals surface area contributed by atoms with Crippen LogP contribution in [-0.4, -0.2) is 31.1 Å². The van der Waals surface area contributed by atoms with Crippen molar-refractivity contribution < 1.29 is 4.74 Å². The van der Waals surface area contributed by atoms with E-state index >= 15 is 0 Å². The summed E-state index contributed by atoms with van der Waals surface area (Å²) in [5.41, 5.74) is 2.39. The summed E-state index contributed by atoms with van der Waals surface area (Å²) in [5.74, 6) is 0.889. The molecule has 27 heavy (non-hydrogen) atoms. The van der Waals surface area contributed by atoms with E-state index in [0.717, 1.165) is 49.1 Å². The number of benzene rings is 2. The first-order valence-corrected chi connectivity index (χ1v) is 9.48. The van der Waals surface area contributed by atoms with Gasteiger partial charge in [0.05, 0.1) is 0 Å². The maximum atomic E-state index is 5.89. The third-order valence-electron chi connectivity index (χ3n) is 4.29. The van der Waals surface area contributed by atoms with Crippen molar-refractivity contribution in [2.75, 3.05) is 26.2 Å². The van der Waals surface area contributed by atoms with E-state index in [1.807, 2.05) is 36.4 Å². The van der Waals surface area contributed by atoms with E-state index in [1.54, 1.807) is 0 Å². The Kier molecular flexibility index (Phi) is 14.5. The molecule has 0 aromatic heterocycles. The molecule has 6 heteroatoms. The topological polar surface area (TPSA) is 24.5 Å². The molecular formula is C21H31Cl3N2O. The van der Waals surface area contributed by atoms with E-state index in [4.69, 9.17) is 16.3 Å². The quantitative estimate of drug-likeness (QED) is 0.468. The van der Waals surface area contributed by atoms with E-state index in [2.05, 4.69) is 36.2 Å². The van der Waals surface area contributed by atoms with Gasteiger partial charge in [0.15, 0.2) is 0 Å². The van der Waals surface area contributed by atoms with E-state index < -0.39 is 0 Å². The van der Waals surface area contributed by atoms with Crippen molar-refractivity contribution in [1.82, 2.24) is 10.2 Å². The molecule has 2 rings (SSSR count). The van der Waals surface area contributed by atoms with Crippen LogP contribution in [0.3, 0.4) is 0 Å². The molecule has 0 radical (unpaired) electrons. The number of ether oxygens (including phenoxy) is 1. The molecule has 0 fully saturated rings. The molecule has 2 aromatic rings. The van der Waals surface area contributed by atoms with Gasteiger partial charge in [-0.1, -0.05) is 49.7 Å². The van der Waals surface area contributed by atoms with Crippen molar-refractivity contribution in [3.8, 4) is 5.75 Å². The molecule has 0 amide bonds. The molecule has 0 saturated heterocycles. The van der Waals surface area contributed by atoms with Gasteiger partial charge in [-0.3, -0.25) is 0 Å². The molecule has 1 N–H and O–H groups in total. The molecule has 0 heterocycles. The molecule has 0 bridgehead atoms. The van der Waals surface area contributed by atoms with E-state index in [1.165, 1.54) is 12.0 Å². The van der Waals surface area contributed by atoms with Gasteiger partial charge < -0.3 is 15.0 Å². The second-order valence-corrected chi connectivity index (χ2v) is 6.55. The molecule has 152 valence electrons. The SMILES string of the molecule is CCN(CC)CCCNCc1ccc(OCc2ccc(Cl)cc2)cc1.Cl.Cl. The van der Waals surface area contributed by atoms with Crippen LogP contribution in [0.15, 0.2) is 48.5 Å². The Morgan fingerprint density at radius 3 is 2.07 bits per heavy atom. The van der Waals surface area contributed by atoms with E-state index in [9.17, 15) is 0 Å². The normalized spacial score (nSPS) is 10.2. The fourth-order valence-corrected chi connectivity index (χ4v) is 2.78. The van der Waals surface area contributed by atoms with Crippen LogP contribution in [0.1, 0.15) is 31.4 Å². The lowest BCUT2D eigenvalue weighted by Crippen LogP contribution is -2.27. The van der Waals surface area contributed by atoms with E-state index in [-0.39, 0.29) is 24.8 Å². The van der Waals surface area contributed by atoms with Crippen molar-refractivity contribution in [3.63, 3.8) is 0 Å². The van der Waals surface area contributed by atoms with Crippen LogP contribution in [0.5, 0.6) is 5.75 Å². The first kappa shape index (κ1) is 26.0. The second kappa shape index (κ2) is 15.0. The van der Waals surface area contributed by atoms with Crippen molar-refractivity contribution >= 4 is 36.4 Å². The first-order valence-electron chi connectivity index (χ1n) is 9.10. The van der Waals surface area contributed by atoms with Crippen molar-refractivity contribution in [2.24, 2.45) is 0 Å². The Morgan fingerprint density at radius 1 is 0.889 bits per heavy atom. The summed E-state index contributed by atoms with van der Waals surface area (Å²) in [5, 5.41) is 4.26. The molecule has 0 aliphatic heterocycles. The van der Waals surface area contributed by atoms with Gasteiger partial charge in [-0.25, -0.2) is 0 Å². The second-order valence-electron chi connectivity index (χ2n) is 6.12. The predicted octanol–water partition coefficient (Wildman–Crippen LogP) is 5.58. The minimum Gasteiger partial charge on any atom is -0.489 e. The van der Waals surface area contributed by atoms with Gasteiger partial charge >= 0.3 is 0 Å². The maximum absolute atomic E-state index is 5.89. The van der Waals surface area contributed by atoms with Crippen LogP contribution in [-0.2, 0) is 13.2 Å². The molecule has 0 spiro atoms. The fraction of sp³-hybridized carbons (Fsp3) is 0.429. The van der Waals surface area contributed by atoms with Crippen molar-refractivity contribution in [1.29, 1.82) is 0 Å². The van der Waals surface area contributed by atoms with Gasteiger partial charge in [0.2, 0.25) is 0 Å². The van der Waals surface area contributed by atoms with Crippen LogP contribution >= 0.6 is 36.4 Å². The summed E-state index contributed by atoms with van der Waals surface area (Å²) >= 11 is 5.89. The van der Waals surface area contributed by atoms with Crippen molar-refractivity contribution in [3.05, 3.63) is 64.7 Å². The highest BCUT2D eigenvalue weighted by molar-refractivity contribution is 6.30. The number of hydrogen-bond donors (Lipinski definition) is 1. The van der Waals surface area contributed by atoms with Gasteiger partial charge in [0, 0.05) is 11.6 Å². The number of nitrogens with zero attached hydrogens (tertiary/aromatic N) is 1. The summed E-state index contributed by atoms with van der Waals surface area (Å²) in [7, 11) is 0. The standard InChI is InChI=1S/C21H29ClN2O.2ClH/c1-3-24(4-2)15-5-14-23-16-18-8-12-21(13-9-18)25-17-19-6-10-20(22)11-7-19;;/h6-13,23H,3-5,14-17H2,1-2H3;2*1H. The zero-order valence-electron chi connectivity index (χ0n) is 16.1. The Hall–Kier alpha value is -0.970. The average Bonchev–Trinajstić information content (AvgIpc) is 2.65. The van der Waals surface area contributed by atoms with Gasteiger partial charge in [-0.05, 0) is 68.0 Å². The smallest absolute Gasteiger partial charge is 0.119 e. The van der Waals surface area contributed by atoms with E-state index in [0.29, 0.717) is 6.61 Å². The zero-order chi connectivity index (χ0) is 17.9. The molecule has 0 saturated carbocycles. The summed E-state index contributed by atoms with van der Waals surface area (Å²) in [6.45, 7) is 10.4. The van der Waals surface area contributed by atoms with Crippen LogP contribution in [0, 0.1) is 0 Å². The Morgan fingerprint density at radius 2 is 1.48 bits per heavy atom. The summed E-state index contributed by atoms with van der Waals surface area (Å²) in [6, 6.07) is 16.0. The molecule has 3 nitrogen and oxygen atoms in total. The lowest BCUT2D eigenvalue weighted by molar-refractivity contribution is 0.298. The minimum absolute atomic E-state index is 0. The highest BCUT2D eigenvalue weighted by atomic mass is 35.5. The third-order valence-corrected chi connectivity index (χ3v) is 4.55. The molecular weight excluding hydrogens is 403 g/mol. The highest BCUT2D eigenvalue weighted by Gasteiger charge is 2.00. The molecule has 0 aliphatic carbocycles. The number of rotatable bonds is 11. The Balaban J connectivity index is 0.00000338. The van der Waals surface area contributed by atoms with Gasteiger partial charge in [0.25, 0.3) is 0 Å². The number of nitrogens with one attached hydrogen (secondary N) is 1. The summed E-state index contributed by atoms with van der Waals surface area (Å²) < 4.78 is 5.81. The van der Waals surface area contributed by atoms with Gasteiger partial charge in [-0.15, -0.1) is 24.8 Å². The highest BCUT2D eigenvalue weighted by Crippen LogP contribution is 2.15. The van der Waals surface area contributed by atoms with Crippen LogP contribution in [0.4, 0.5) is 0 Å². The monoisotopic (exact) mass is 432 g/mol. The third kappa shape index (κ3) is 10.2. The van der Waals surface area contributed by atoms with Gasteiger partial charge in [-0.2, -0.15) is 0 Å². The van der Waals surface area contributed by atoms with Gasteiger partial charge in [0.1, 0.15) is 12.4 Å². The van der Waals surface area contributed by atoms with Crippen LogP contribution in [0.2, 0.25) is 5.02 Å². The summed E-state index contributed by atoms with van der Waals surface area (Å²) in [4.78, 5) is 2.45. The van der Waals surface area contributed by atoms with Crippen molar-refractivity contribution in [2.45, 2.75) is 33.4 Å². The van der Waals surface area contributed by atoms with Crippen LogP contribution in [0.25, 0.3) is 0 Å². The summed E-state index contributed by atoms with van der Waals surface area (Å²) in [6.07, 6.45) is 1.18. The molecule has 2 aromatic carbocycles. The molecule has 0 atom stereocenters. The fourth-order valence-electron chi connectivity index (χ4n) is 2.65. The minimum atomic E-state index is 0. The number of hydrogen-bond acceptors (Lipinski definition) is 3. The lowest BCUT2D eigenvalue weighted by Gasteiger charge is -2.17. The molecule has 0 unspecified atom stereocenters. The zero-order valence-corrected chi connectivity index (χ0v) is 18.5. The maximum Gasteiger partial charge on any atom is 0.119 e. The largest absolute Gasteiger partial charge is 0.489 e. The Bertz CT molecular complexity index is 602. The average molecular weight is 434 g/mol. The molecule has 0 aliphatic rings. The Labute approximate surface area is 181 Å². The first-order chi connectivity index (χ1) is 12.2. The predicted molar refractivity (Wildman–Crippen MR) is 121 cm³/mol.